The summed E-state index contributed by atoms with van der Waals surface area (Å²) in [7, 11) is 0. The number of hydrogen-bond donors (Lipinski definition) is 5. The van der Waals surface area contributed by atoms with Crippen LogP contribution in [0.25, 0.3) is 11.2 Å². The van der Waals surface area contributed by atoms with Crippen LogP contribution in [0.2, 0.25) is 5.02 Å². The Kier molecular flexibility index (Phi) is 6.13. The molecule has 0 spiro atoms. The minimum Gasteiger partial charge on any atom is -0.409 e. The minimum absolute atomic E-state index is 0.0423. The predicted octanol–water partition coefficient (Wildman–Crippen LogP) is 4.52. The molecule has 0 aliphatic rings. The molecule has 31 heavy (non-hydrogen) atoms. The lowest BCUT2D eigenvalue weighted by molar-refractivity contribution is 0.319. The zero-order valence-corrected chi connectivity index (χ0v) is 17.0. The average Bonchev–Trinajstić information content (AvgIpc) is 3.21. The normalized spacial score (nSPS) is 11.5. The highest BCUT2D eigenvalue weighted by Crippen LogP contribution is 2.22. The summed E-state index contributed by atoms with van der Waals surface area (Å²) in [6, 6.07) is 15.7. The van der Waals surface area contributed by atoms with Crippen molar-refractivity contribution in [2.24, 2.45) is 5.16 Å². The molecule has 0 saturated carbocycles. The van der Waals surface area contributed by atoms with Crippen LogP contribution in [-0.4, -0.2) is 39.1 Å². The number of fused-ring (bicyclic) bond motifs is 1. The number of aromatic nitrogens is 3. The van der Waals surface area contributed by atoms with Gasteiger partial charge in [0.15, 0.2) is 11.5 Å². The largest absolute Gasteiger partial charge is 0.409 e. The first-order valence-corrected chi connectivity index (χ1v) is 9.84. The molecule has 8 nitrogen and oxygen atoms in total. The molecule has 5 N–H and O–H groups in total. The summed E-state index contributed by atoms with van der Waals surface area (Å²) in [5.41, 5.74) is 3.07. The van der Waals surface area contributed by atoms with Crippen molar-refractivity contribution in [3.63, 3.8) is 0 Å². The summed E-state index contributed by atoms with van der Waals surface area (Å²) in [5, 5.41) is 22.3. The van der Waals surface area contributed by atoms with E-state index in [2.05, 4.69) is 36.1 Å². The van der Waals surface area contributed by atoms with E-state index in [1.54, 1.807) is 12.3 Å². The number of H-pyrrole nitrogens is 1. The maximum atomic E-state index is 13.4. The second kappa shape index (κ2) is 9.31. The molecular weight excluding hydrogens is 421 g/mol. The van der Waals surface area contributed by atoms with Gasteiger partial charge < -0.3 is 26.1 Å². The second-order valence-corrected chi connectivity index (χ2v) is 6.97. The first-order chi connectivity index (χ1) is 15.1. The van der Waals surface area contributed by atoms with Crippen LogP contribution in [0.1, 0.15) is 5.56 Å². The molecule has 0 fully saturated rings. The number of para-hydroxylation sites is 1. The Bertz CT molecular complexity index is 1210. The van der Waals surface area contributed by atoms with Crippen molar-refractivity contribution in [3.05, 3.63) is 77.2 Å². The molecule has 0 saturated heterocycles. The molecule has 0 unspecified atom stereocenters. The topological polar surface area (TPSA) is 110 Å². The van der Waals surface area contributed by atoms with Crippen LogP contribution in [0.5, 0.6) is 0 Å². The Morgan fingerprint density at radius 3 is 2.65 bits per heavy atom. The number of imidazole rings is 1. The van der Waals surface area contributed by atoms with E-state index in [9.17, 15) is 9.60 Å². The third kappa shape index (κ3) is 4.84. The van der Waals surface area contributed by atoms with Gasteiger partial charge in [0.25, 0.3) is 0 Å². The van der Waals surface area contributed by atoms with Crippen LogP contribution in [0, 0.1) is 5.82 Å². The van der Waals surface area contributed by atoms with Gasteiger partial charge >= 0.3 is 0 Å². The fraction of sp³-hybridized carbons (Fsp3) is 0.0952. The number of hydrogen-bond acceptors (Lipinski definition) is 6. The van der Waals surface area contributed by atoms with Gasteiger partial charge in [0.2, 0.25) is 5.95 Å². The summed E-state index contributed by atoms with van der Waals surface area (Å²) in [5.74, 6) is 0.134. The standard InChI is InChI=1S/C21H19ClFN7O/c22-16-12-14(6-7-17(16)23)27-19(30-31)15-8-9-25-20-18(15)28-21(29-20)26-11-10-24-13-4-2-1-3-5-13/h1-9,12,24,31H,10-11H2,(H,27,30)(H2,25,26,28,29). The highest BCUT2D eigenvalue weighted by molar-refractivity contribution is 6.31. The molecule has 4 aromatic rings. The van der Waals surface area contributed by atoms with Gasteiger partial charge in [0.1, 0.15) is 5.82 Å². The molecule has 158 valence electrons. The van der Waals surface area contributed by atoms with Gasteiger partial charge in [-0.25, -0.2) is 9.37 Å². The number of nitrogens with zero attached hydrogens (tertiary/aromatic N) is 3. The number of anilines is 3. The van der Waals surface area contributed by atoms with Gasteiger partial charge in [-0.15, -0.1) is 0 Å². The van der Waals surface area contributed by atoms with Crippen molar-refractivity contribution < 1.29 is 9.60 Å². The number of nitrogens with one attached hydrogen (secondary N) is 4. The van der Waals surface area contributed by atoms with Crippen molar-refractivity contribution in [1.29, 1.82) is 0 Å². The fourth-order valence-electron chi connectivity index (χ4n) is 2.99. The quantitative estimate of drug-likeness (QED) is 0.0951. The molecule has 0 aliphatic carbocycles. The van der Waals surface area contributed by atoms with Gasteiger partial charge in [0, 0.05) is 36.2 Å². The summed E-state index contributed by atoms with van der Waals surface area (Å²) in [4.78, 5) is 11.8. The molecule has 0 atom stereocenters. The SMILES string of the molecule is O/N=C(\Nc1ccc(F)c(Cl)c1)c1ccnc2nc(NCCNc3ccccc3)[nH]c12. The Balaban J connectivity index is 1.47. The number of benzene rings is 2. The summed E-state index contributed by atoms with van der Waals surface area (Å²) < 4.78 is 13.4. The molecule has 0 radical (unpaired) electrons. The van der Waals surface area contributed by atoms with Gasteiger partial charge in [-0.2, -0.15) is 4.98 Å². The maximum absolute atomic E-state index is 13.4. The van der Waals surface area contributed by atoms with E-state index >= 15 is 0 Å². The zero-order valence-electron chi connectivity index (χ0n) is 16.2. The van der Waals surface area contributed by atoms with Crippen molar-refractivity contribution in [2.75, 3.05) is 29.0 Å². The lowest BCUT2D eigenvalue weighted by atomic mass is 10.2. The van der Waals surface area contributed by atoms with Crippen molar-refractivity contribution in [2.45, 2.75) is 0 Å². The lowest BCUT2D eigenvalue weighted by Gasteiger charge is -2.09. The maximum Gasteiger partial charge on any atom is 0.202 e. The lowest BCUT2D eigenvalue weighted by Crippen LogP contribution is -2.15. The average molecular weight is 440 g/mol. The van der Waals surface area contributed by atoms with Crippen LogP contribution >= 0.6 is 11.6 Å². The molecule has 0 amide bonds. The van der Waals surface area contributed by atoms with Gasteiger partial charge in [0.05, 0.1) is 10.5 Å². The molecule has 10 heteroatoms. The molecular formula is C21H19ClFN7O. The molecule has 2 heterocycles. The smallest absolute Gasteiger partial charge is 0.202 e. The zero-order chi connectivity index (χ0) is 21.6. The van der Waals surface area contributed by atoms with Crippen molar-refractivity contribution in [1.82, 2.24) is 15.0 Å². The van der Waals surface area contributed by atoms with Crippen LogP contribution in [0.15, 0.2) is 65.9 Å². The molecule has 2 aromatic carbocycles. The van der Waals surface area contributed by atoms with E-state index in [1.807, 2.05) is 30.3 Å². The molecule has 0 aliphatic heterocycles. The molecule has 2 aromatic heterocycles. The Morgan fingerprint density at radius 1 is 1.06 bits per heavy atom. The summed E-state index contributed by atoms with van der Waals surface area (Å²) >= 11 is 5.83. The molecule has 0 bridgehead atoms. The Morgan fingerprint density at radius 2 is 1.87 bits per heavy atom. The summed E-state index contributed by atoms with van der Waals surface area (Å²) in [6.07, 6.45) is 1.56. The highest BCUT2D eigenvalue weighted by atomic mass is 35.5. The first kappa shape index (κ1) is 20.4. The number of rotatable bonds is 7. The fourth-order valence-corrected chi connectivity index (χ4v) is 3.17. The third-order valence-corrected chi connectivity index (χ3v) is 4.74. The van der Waals surface area contributed by atoms with Gasteiger partial charge in [-0.05, 0) is 36.4 Å². The van der Waals surface area contributed by atoms with E-state index in [4.69, 9.17) is 11.6 Å². The molecule has 4 rings (SSSR count). The Labute approximate surface area is 182 Å². The number of halogens is 2. The van der Waals surface area contributed by atoms with Gasteiger partial charge in [-0.1, -0.05) is 35.0 Å². The van der Waals surface area contributed by atoms with E-state index in [0.717, 1.165) is 5.69 Å². The van der Waals surface area contributed by atoms with Crippen molar-refractivity contribution >= 4 is 45.9 Å². The second-order valence-electron chi connectivity index (χ2n) is 6.56. The van der Waals surface area contributed by atoms with Crippen LogP contribution in [-0.2, 0) is 0 Å². The van der Waals surface area contributed by atoms with E-state index in [-0.39, 0.29) is 10.9 Å². The van der Waals surface area contributed by atoms with Crippen LogP contribution < -0.4 is 16.0 Å². The summed E-state index contributed by atoms with van der Waals surface area (Å²) in [6.45, 7) is 1.31. The van der Waals surface area contributed by atoms with Gasteiger partial charge in [-0.3, -0.25) is 0 Å². The minimum atomic E-state index is -0.535. The van der Waals surface area contributed by atoms with Crippen LogP contribution in [0.4, 0.5) is 21.7 Å². The number of amidine groups is 1. The van der Waals surface area contributed by atoms with Crippen molar-refractivity contribution in [3.8, 4) is 0 Å². The van der Waals surface area contributed by atoms with E-state index in [0.29, 0.717) is 41.5 Å². The van der Waals surface area contributed by atoms with E-state index < -0.39 is 5.82 Å². The number of pyridine rings is 1. The first-order valence-electron chi connectivity index (χ1n) is 9.46. The third-order valence-electron chi connectivity index (χ3n) is 4.45. The Hall–Kier alpha value is -3.85. The monoisotopic (exact) mass is 439 g/mol. The predicted molar refractivity (Wildman–Crippen MR) is 121 cm³/mol. The van der Waals surface area contributed by atoms with E-state index in [1.165, 1.54) is 18.2 Å². The van der Waals surface area contributed by atoms with Crippen LogP contribution in [0.3, 0.4) is 0 Å². The number of oxime groups is 1. The number of aromatic amines is 1. The highest BCUT2D eigenvalue weighted by Gasteiger charge is 2.14.